The maximum atomic E-state index is 12.3. The molecular formula is C19H31ClN2O4. The Morgan fingerprint density at radius 2 is 1.69 bits per heavy atom. The lowest BCUT2D eigenvalue weighted by Crippen LogP contribution is -2.35. The van der Waals surface area contributed by atoms with Gasteiger partial charge < -0.3 is 20.5 Å². The van der Waals surface area contributed by atoms with Crippen molar-refractivity contribution in [3.05, 3.63) is 35.4 Å². The summed E-state index contributed by atoms with van der Waals surface area (Å²) in [6.07, 6.45) is -0.135. The highest BCUT2D eigenvalue weighted by atomic mass is 35.5. The normalized spacial score (nSPS) is 13.3. The number of nitrogens with one attached hydrogen (secondary N) is 1. The standard InChI is InChI=1S/C19H30N2O4.ClH/c1-19(2,3)14-8-6-13(7-9-14)16(11-18(23)25-5)21-17(22)10-15(12-20)24-4;/h6-9,15-16H,10-12,20H2,1-5H3,(H,21,22);1H. The van der Waals surface area contributed by atoms with Gasteiger partial charge in [-0.15, -0.1) is 12.4 Å². The molecule has 2 atom stereocenters. The second-order valence-electron chi connectivity index (χ2n) is 7.07. The van der Waals surface area contributed by atoms with Crippen LogP contribution < -0.4 is 11.1 Å². The van der Waals surface area contributed by atoms with Crippen LogP contribution in [0.4, 0.5) is 0 Å². The topological polar surface area (TPSA) is 90.7 Å². The van der Waals surface area contributed by atoms with E-state index < -0.39 is 6.04 Å². The molecule has 0 fully saturated rings. The molecule has 1 rings (SSSR count). The van der Waals surface area contributed by atoms with Gasteiger partial charge in [0.2, 0.25) is 5.91 Å². The van der Waals surface area contributed by atoms with Gasteiger partial charge in [0.05, 0.1) is 32.1 Å². The number of methoxy groups -OCH3 is 2. The summed E-state index contributed by atoms with van der Waals surface area (Å²) in [6, 6.07) is 7.45. The molecule has 0 radical (unpaired) electrons. The Balaban J connectivity index is 0.00000625. The highest BCUT2D eigenvalue weighted by Crippen LogP contribution is 2.25. The Morgan fingerprint density at radius 1 is 1.12 bits per heavy atom. The van der Waals surface area contributed by atoms with E-state index in [0.717, 1.165) is 5.56 Å². The van der Waals surface area contributed by atoms with Gasteiger partial charge in [0.1, 0.15) is 0 Å². The highest BCUT2D eigenvalue weighted by Gasteiger charge is 2.21. The number of esters is 1. The van der Waals surface area contributed by atoms with Crippen molar-refractivity contribution in [2.75, 3.05) is 20.8 Å². The molecule has 0 aromatic heterocycles. The van der Waals surface area contributed by atoms with Gasteiger partial charge in [-0.2, -0.15) is 0 Å². The van der Waals surface area contributed by atoms with Gasteiger partial charge in [-0.1, -0.05) is 45.0 Å². The monoisotopic (exact) mass is 386 g/mol. The summed E-state index contributed by atoms with van der Waals surface area (Å²) < 4.78 is 9.89. The average Bonchev–Trinajstić information content (AvgIpc) is 2.58. The Bertz CT molecular complexity index is 566. The van der Waals surface area contributed by atoms with Crippen molar-refractivity contribution in [1.29, 1.82) is 0 Å². The molecule has 1 aromatic carbocycles. The fraction of sp³-hybridized carbons (Fsp3) is 0.579. The van der Waals surface area contributed by atoms with Gasteiger partial charge in [0.25, 0.3) is 0 Å². The zero-order chi connectivity index (χ0) is 19.0. The highest BCUT2D eigenvalue weighted by molar-refractivity contribution is 5.85. The number of amides is 1. The molecule has 3 N–H and O–H groups in total. The van der Waals surface area contributed by atoms with Crippen LogP contribution >= 0.6 is 12.4 Å². The molecule has 1 aromatic rings. The summed E-state index contributed by atoms with van der Waals surface area (Å²) in [4.78, 5) is 24.0. The molecule has 0 heterocycles. The number of carbonyl (C=O) groups excluding carboxylic acids is 2. The number of benzene rings is 1. The lowest BCUT2D eigenvalue weighted by Gasteiger charge is -2.22. The van der Waals surface area contributed by atoms with Crippen molar-refractivity contribution in [1.82, 2.24) is 5.32 Å². The van der Waals surface area contributed by atoms with Gasteiger partial charge in [-0.3, -0.25) is 9.59 Å². The molecule has 7 heteroatoms. The van der Waals surface area contributed by atoms with E-state index in [1.807, 2.05) is 24.3 Å². The van der Waals surface area contributed by atoms with E-state index in [1.165, 1.54) is 19.8 Å². The van der Waals surface area contributed by atoms with E-state index in [1.54, 1.807) is 0 Å². The first-order valence-corrected chi connectivity index (χ1v) is 8.40. The Kier molecular flexibility index (Phi) is 10.5. The number of carbonyl (C=O) groups is 2. The first-order chi connectivity index (χ1) is 11.7. The van der Waals surface area contributed by atoms with Crippen molar-refractivity contribution in [3.63, 3.8) is 0 Å². The molecule has 0 aliphatic carbocycles. The zero-order valence-electron chi connectivity index (χ0n) is 16.2. The largest absolute Gasteiger partial charge is 0.469 e. The molecule has 0 bridgehead atoms. The third-order valence-electron chi connectivity index (χ3n) is 4.12. The smallest absolute Gasteiger partial charge is 0.307 e. The number of hydrogen-bond donors (Lipinski definition) is 2. The van der Waals surface area contributed by atoms with Crippen LogP contribution in [-0.2, 0) is 24.5 Å². The molecule has 2 unspecified atom stereocenters. The average molecular weight is 387 g/mol. The Labute approximate surface area is 162 Å². The second kappa shape index (κ2) is 11.2. The molecular weight excluding hydrogens is 356 g/mol. The van der Waals surface area contributed by atoms with Crippen LogP contribution in [0.5, 0.6) is 0 Å². The van der Waals surface area contributed by atoms with E-state index in [9.17, 15) is 9.59 Å². The Morgan fingerprint density at radius 3 is 2.12 bits per heavy atom. The lowest BCUT2D eigenvalue weighted by molar-refractivity contribution is -0.141. The van der Waals surface area contributed by atoms with Gasteiger partial charge >= 0.3 is 5.97 Å². The summed E-state index contributed by atoms with van der Waals surface area (Å²) in [7, 11) is 2.85. The summed E-state index contributed by atoms with van der Waals surface area (Å²) in [6.45, 7) is 6.65. The molecule has 0 aliphatic heterocycles. The first-order valence-electron chi connectivity index (χ1n) is 8.40. The van der Waals surface area contributed by atoms with Crippen LogP contribution in [-0.4, -0.2) is 38.7 Å². The Hall–Kier alpha value is -1.63. The maximum Gasteiger partial charge on any atom is 0.307 e. The van der Waals surface area contributed by atoms with E-state index in [2.05, 4.69) is 26.1 Å². The molecule has 0 saturated heterocycles. The van der Waals surface area contributed by atoms with Crippen molar-refractivity contribution in [3.8, 4) is 0 Å². The maximum absolute atomic E-state index is 12.3. The molecule has 148 valence electrons. The predicted molar refractivity (Wildman–Crippen MR) is 104 cm³/mol. The quantitative estimate of drug-likeness (QED) is 0.670. The van der Waals surface area contributed by atoms with Gasteiger partial charge in [-0.05, 0) is 16.5 Å². The first kappa shape index (κ1) is 24.4. The number of rotatable bonds is 8. The number of halogens is 1. The molecule has 0 spiro atoms. The fourth-order valence-electron chi connectivity index (χ4n) is 2.44. The SMILES string of the molecule is COC(=O)CC(NC(=O)CC(CN)OC)c1ccc(C(C)(C)C)cc1.Cl. The summed E-state index contributed by atoms with van der Waals surface area (Å²) in [5.41, 5.74) is 7.63. The summed E-state index contributed by atoms with van der Waals surface area (Å²) >= 11 is 0. The van der Waals surface area contributed by atoms with Crippen molar-refractivity contribution in [2.24, 2.45) is 5.73 Å². The third-order valence-corrected chi connectivity index (χ3v) is 4.12. The van der Waals surface area contributed by atoms with Crippen molar-refractivity contribution >= 4 is 24.3 Å². The van der Waals surface area contributed by atoms with E-state index >= 15 is 0 Å². The minimum atomic E-state index is -0.454. The third kappa shape index (κ3) is 7.72. The molecule has 26 heavy (non-hydrogen) atoms. The van der Waals surface area contributed by atoms with Crippen molar-refractivity contribution < 1.29 is 19.1 Å². The van der Waals surface area contributed by atoms with Crippen LogP contribution in [0, 0.1) is 0 Å². The van der Waals surface area contributed by atoms with E-state index in [-0.39, 0.29) is 55.2 Å². The predicted octanol–water partition coefficient (Wildman–Crippen LogP) is 2.49. The van der Waals surface area contributed by atoms with Gasteiger partial charge in [-0.25, -0.2) is 0 Å². The van der Waals surface area contributed by atoms with Crippen LogP contribution in [0.3, 0.4) is 0 Å². The van der Waals surface area contributed by atoms with E-state index in [0.29, 0.717) is 0 Å². The van der Waals surface area contributed by atoms with Gasteiger partial charge in [0, 0.05) is 13.7 Å². The number of hydrogen-bond acceptors (Lipinski definition) is 5. The van der Waals surface area contributed by atoms with Crippen LogP contribution in [0.25, 0.3) is 0 Å². The zero-order valence-corrected chi connectivity index (χ0v) is 17.0. The molecule has 0 saturated carbocycles. The number of nitrogens with two attached hydrogens (primary N) is 1. The minimum Gasteiger partial charge on any atom is -0.469 e. The molecule has 1 amide bonds. The molecule has 0 aliphatic rings. The van der Waals surface area contributed by atoms with Crippen LogP contribution in [0.15, 0.2) is 24.3 Å². The molecule has 6 nitrogen and oxygen atoms in total. The summed E-state index contributed by atoms with van der Waals surface area (Å²) in [5.74, 6) is -0.599. The van der Waals surface area contributed by atoms with Crippen molar-refractivity contribution in [2.45, 2.75) is 51.2 Å². The second-order valence-corrected chi connectivity index (χ2v) is 7.07. The summed E-state index contributed by atoms with van der Waals surface area (Å²) in [5, 5.41) is 2.88. The van der Waals surface area contributed by atoms with E-state index in [4.69, 9.17) is 15.2 Å². The van der Waals surface area contributed by atoms with Crippen LogP contribution in [0.2, 0.25) is 0 Å². The fourth-order valence-corrected chi connectivity index (χ4v) is 2.44. The lowest BCUT2D eigenvalue weighted by atomic mass is 9.86. The van der Waals surface area contributed by atoms with Crippen LogP contribution in [0.1, 0.15) is 50.8 Å². The van der Waals surface area contributed by atoms with Gasteiger partial charge in [0.15, 0.2) is 0 Å². The minimum absolute atomic E-state index is 0. The number of ether oxygens (including phenoxy) is 2.